The van der Waals surface area contributed by atoms with E-state index in [1.54, 1.807) is 6.92 Å². The molecule has 0 radical (unpaired) electrons. The first-order chi connectivity index (χ1) is 11.8. The highest BCUT2D eigenvalue weighted by atomic mass is 16.5. The number of ether oxygens (including phenoxy) is 1. The van der Waals surface area contributed by atoms with E-state index in [-0.39, 0.29) is 18.9 Å². The van der Waals surface area contributed by atoms with Crippen LogP contribution in [0.15, 0.2) is 36.4 Å². The maximum atomic E-state index is 12.8. The van der Waals surface area contributed by atoms with E-state index in [0.29, 0.717) is 5.56 Å². The second-order valence-electron chi connectivity index (χ2n) is 6.47. The normalized spacial score (nSPS) is 13.3. The van der Waals surface area contributed by atoms with Crippen LogP contribution in [-0.2, 0) is 9.53 Å². The van der Waals surface area contributed by atoms with E-state index in [9.17, 15) is 9.59 Å². The third-order valence-corrected chi connectivity index (χ3v) is 4.11. The largest absolute Gasteiger partial charge is 0.481 e. The lowest BCUT2D eigenvalue weighted by atomic mass is 9.98. The quantitative estimate of drug-likeness (QED) is 0.809. The number of hydrogen-bond acceptors (Lipinski definition) is 3. The highest BCUT2D eigenvalue weighted by Crippen LogP contribution is 2.22. The number of carboxylic acid groups (broad SMARTS) is 1. The highest BCUT2D eigenvalue weighted by Gasteiger charge is 2.31. The van der Waals surface area contributed by atoms with Crippen molar-refractivity contribution in [2.45, 2.75) is 32.7 Å². The second-order valence-corrected chi connectivity index (χ2v) is 6.47. The molecule has 2 N–H and O–H groups in total. The number of rotatable bonds is 7. The average Bonchev–Trinajstić information content (AvgIpc) is 2.82. The lowest BCUT2D eigenvalue weighted by molar-refractivity contribution is -0.139. The lowest BCUT2D eigenvalue weighted by Crippen LogP contribution is -2.50. The summed E-state index contributed by atoms with van der Waals surface area (Å²) in [4.78, 5) is 23.9. The first kappa shape index (κ1) is 18.7. The Morgan fingerprint density at radius 3 is 2.44 bits per heavy atom. The molecule has 25 heavy (non-hydrogen) atoms. The van der Waals surface area contributed by atoms with Gasteiger partial charge in [0.25, 0.3) is 5.91 Å². The minimum Gasteiger partial charge on any atom is -0.481 e. The molecule has 1 aromatic heterocycles. The predicted octanol–water partition coefficient (Wildman–Crippen LogP) is 2.70. The number of para-hydroxylation sites is 1. The number of carbonyl (C=O) groups excluding carboxylic acids is 1. The Labute approximate surface area is 147 Å². The molecule has 6 nitrogen and oxygen atoms in total. The van der Waals surface area contributed by atoms with Crippen LogP contribution in [0.4, 0.5) is 0 Å². The van der Waals surface area contributed by atoms with E-state index < -0.39 is 11.5 Å². The van der Waals surface area contributed by atoms with Gasteiger partial charge in [0.2, 0.25) is 0 Å². The molecule has 0 spiro atoms. The van der Waals surface area contributed by atoms with Gasteiger partial charge in [0.15, 0.2) is 0 Å². The molecule has 134 valence electrons. The Balaban J connectivity index is 2.32. The number of aryl methyl sites for hydroxylation is 1. The first-order valence-electron chi connectivity index (χ1n) is 8.05. The van der Waals surface area contributed by atoms with Crippen molar-refractivity contribution >= 4 is 11.9 Å². The Morgan fingerprint density at radius 1 is 1.24 bits per heavy atom. The Morgan fingerprint density at radius 2 is 1.88 bits per heavy atom. The van der Waals surface area contributed by atoms with Gasteiger partial charge in [-0.25, -0.2) is 0 Å². The van der Waals surface area contributed by atoms with E-state index in [0.717, 1.165) is 17.1 Å². The van der Waals surface area contributed by atoms with Crippen LogP contribution in [0.5, 0.6) is 0 Å². The van der Waals surface area contributed by atoms with Gasteiger partial charge in [0, 0.05) is 24.2 Å². The zero-order chi connectivity index (χ0) is 18.6. The fourth-order valence-electron chi connectivity index (χ4n) is 3.09. The van der Waals surface area contributed by atoms with Crippen molar-refractivity contribution in [1.82, 2.24) is 9.88 Å². The molecule has 1 atom stereocenters. The summed E-state index contributed by atoms with van der Waals surface area (Å²) in [6.07, 6.45) is -0.218. The van der Waals surface area contributed by atoms with E-state index in [2.05, 4.69) is 5.32 Å². The van der Waals surface area contributed by atoms with Crippen molar-refractivity contribution in [2.24, 2.45) is 0 Å². The molecule has 0 aliphatic heterocycles. The fraction of sp³-hybridized carbons (Fsp3) is 0.368. The zero-order valence-corrected chi connectivity index (χ0v) is 15.0. The van der Waals surface area contributed by atoms with Gasteiger partial charge in [-0.15, -0.1) is 0 Å². The number of nitrogens with one attached hydrogen (secondary N) is 1. The van der Waals surface area contributed by atoms with Crippen LogP contribution >= 0.6 is 0 Å². The molecule has 0 fully saturated rings. The summed E-state index contributed by atoms with van der Waals surface area (Å²) in [7, 11) is 1.48. The molecule has 0 saturated heterocycles. The van der Waals surface area contributed by atoms with Gasteiger partial charge in [0.1, 0.15) is 0 Å². The van der Waals surface area contributed by atoms with Gasteiger partial charge in [-0.1, -0.05) is 18.2 Å². The second kappa shape index (κ2) is 7.53. The molecule has 0 bridgehead atoms. The third kappa shape index (κ3) is 4.28. The molecular weight excluding hydrogens is 320 g/mol. The summed E-state index contributed by atoms with van der Waals surface area (Å²) in [5, 5.41) is 11.9. The van der Waals surface area contributed by atoms with E-state index >= 15 is 0 Å². The predicted molar refractivity (Wildman–Crippen MR) is 95.2 cm³/mol. The van der Waals surface area contributed by atoms with Gasteiger partial charge < -0.3 is 19.7 Å². The van der Waals surface area contributed by atoms with E-state index in [4.69, 9.17) is 9.84 Å². The average molecular weight is 344 g/mol. The number of carbonyl (C=O) groups is 2. The topological polar surface area (TPSA) is 80.6 Å². The SMILES string of the molecule is COCC(C)(CC(=O)O)NC(=O)c1cc(C)n(-c2ccccc2)c1C. The van der Waals surface area contributed by atoms with Gasteiger partial charge in [0.05, 0.1) is 24.1 Å². The Kier molecular flexibility index (Phi) is 5.64. The number of nitrogens with zero attached hydrogens (tertiary/aromatic N) is 1. The Hall–Kier alpha value is -2.60. The highest BCUT2D eigenvalue weighted by molar-refractivity contribution is 5.96. The minimum absolute atomic E-state index is 0.114. The summed E-state index contributed by atoms with van der Waals surface area (Å²) in [6.45, 7) is 5.59. The van der Waals surface area contributed by atoms with Crippen molar-refractivity contribution in [1.29, 1.82) is 0 Å². The molecule has 1 aromatic carbocycles. The zero-order valence-electron chi connectivity index (χ0n) is 15.0. The van der Waals surface area contributed by atoms with Crippen molar-refractivity contribution in [3.05, 3.63) is 53.3 Å². The van der Waals surface area contributed by atoms with E-state index in [1.807, 2.05) is 54.8 Å². The van der Waals surface area contributed by atoms with Crippen molar-refractivity contribution in [3.63, 3.8) is 0 Å². The van der Waals surface area contributed by atoms with Gasteiger partial charge in [-0.05, 0) is 39.0 Å². The number of hydrogen-bond donors (Lipinski definition) is 2. The number of benzene rings is 1. The number of amides is 1. The van der Waals surface area contributed by atoms with Crippen LogP contribution in [-0.4, -0.2) is 40.8 Å². The molecule has 2 aromatic rings. The smallest absolute Gasteiger partial charge is 0.305 e. The number of carboxylic acids is 1. The Bertz CT molecular complexity index is 767. The van der Waals surface area contributed by atoms with Gasteiger partial charge in [-0.3, -0.25) is 9.59 Å². The molecule has 0 aliphatic carbocycles. The number of aliphatic carboxylic acids is 1. The summed E-state index contributed by atoms with van der Waals surface area (Å²) < 4.78 is 7.09. The molecule has 0 saturated carbocycles. The molecular formula is C19H24N2O4. The summed E-state index contributed by atoms with van der Waals surface area (Å²) in [5.74, 6) is -1.30. The van der Waals surface area contributed by atoms with Crippen LogP contribution in [0.2, 0.25) is 0 Å². The van der Waals surface area contributed by atoms with Gasteiger partial charge in [-0.2, -0.15) is 0 Å². The minimum atomic E-state index is -0.991. The summed E-state index contributed by atoms with van der Waals surface area (Å²) >= 11 is 0. The van der Waals surface area contributed by atoms with Crippen LogP contribution in [0, 0.1) is 13.8 Å². The van der Waals surface area contributed by atoms with Crippen LogP contribution < -0.4 is 5.32 Å². The molecule has 1 unspecified atom stereocenters. The molecule has 1 amide bonds. The maximum absolute atomic E-state index is 12.8. The van der Waals surface area contributed by atoms with Crippen molar-refractivity contribution in [3.8, 4) is 5.69 Å². The molecule has 2 rings (SSSR count). The summed E-state index contributed by atoms with van der Waals surface area (Å²) in [5.41, 5.74) is 2.25. The van der Waals surface area contributed by atoms with Crippen LogP contribution in [0.3, 0.4) is 0 Å². The third-order valence-electron chi connectivity index (χ3n) is 4.11. The number of aromatic nitrogens is 1. The first-order valence-corrected chi connectivity index (χ1v) is 8.05. The van der Waals surface area contributed by atoms with Crippen molar-refractivity contribution < 1.29 is 19.4 Å². The van der Waals surface area contributed by atoms with E-state index in [1.165, 1.54) is 7.11 Å². The molecule has 0 aliphatic rings. The van der Waals surface area contributed by atoms with Gasteiger partial charge >= 0.3 is 5.97 Å². The molecule has 1 heterocycles. The standard InChI is InChI=1S/C19H24N2O4/c1-13-10-16(14(2)21(13)15-8-6-5-7-9-15)18(24)20-19(3,12-25-4)11-17(22)23/h5-10H,11-12H2,1-4H3,(H,20,24)(H,22,23). The lowest BCUT2D eigenvalue weighted by Gasteiger charge is -2.28. The summed E-state index contributed by atoms with van der Waals surface area (Å²) in [6, 6.07) is 11.6. The molecule has 6 heteroatoms. The monoisotopic (exact) mass is 344 g/mol. The maximum Gasteiger partial charge on any atom is 0.305 e. The van der Waals surface area contributed by atoms with Crippen LogP contribution in [0.25, 0.3) is 5.69 Å². The van der Waals surface area contributed by atoms with Crippen LogP contribution in [0.1, 0.15) is 35.1 Å². The van der Waals surface area contributed by atoms with Crippen molar-refractivity contribution in [2.75, 3.05) is 13.7 Å². The fourth-order valence-corrected chi connectivity index (χ4v) is 3.09. The number of methoxy groups -OCH3 is 1.